The van der Waals surface area contributed by atoms with Crippen LogP contribution in [0.5, 0.6) is 5.75 Å². The first-order chi connectivity index (χ1) is 14.1. The zero-order valence-electron chi connectivity index (χ0n) is 16.3. The van der Waals surface area contributed by atoms with Crippen molar-refractivity contribution in [3.05, 3.63) is 70.8 Å². The Balaban J connectivity index is 1.75. The first-order valence-electron chi connectivity index (χ1n) is 9.32. The number of hydrogen-bond donors (Lipinski definition) is 1. The molecule has 1 N–H and O–H groups in total. The highest BCUT2D eigenvalue weighted by atomic mass is 35.5. The molecule has 6 nitrogen and oxygen atoms in total. The highest BCUT2D eigenvalue weighted by Crippen LogP contribution is 2.33. The van der Waals surface area contributed by atoms with Crippen LogP contribution in [0.25, 0.3) is 22.2 Å². The number of pyridine rings is 2. The molecule has 0 aliphatic rings. The van der Waals surface area contributed by atoms with Crippen LogP contribution in [0.1, 0.15) is 16.8 Å². The molecule has 4 rings (SSSR count). The predicted octanol–water partition coefficient (Wildman–Crippen LogP) is 4.11. The summed E-state index contributed by atoms with van der Waals surface area (Å²) in [5.74, 6) is 0.678. The molecule has 7 heteroatoms. The molecule has 3 aromatic heterocycles. The number of aromatic nitrogens is 4. The van der Waals surface area contributed by atoms with Crippen LogP contribution >= 0.6 is 11.6 Å². The number of aliphatic hydroxyl groups is 1. The molecule has 0 fully saturated rings. The van der Waals surface area contributed by atoms with Gasteiger partial charge in [-0.2, -0.15) is 5.10 Å². The van der Waals surface area contributed by atoms with Gasteiger partial charge in [-0.1, -0.05) is 23.7 Å². The minimum atomic E-state index is 0.0259. The van der Waals surface area contributed by atoms with Gasteiger partial charge in [0, 0.05) is 54.5 Å². The van der Waals surface area contributed by atoms with Crippen LogP contribution in [-0.4, -0.2) is 31.5 Å². The van der Waals surface area contributed by atoms with Crippen molar-refractivity contribution in [2.75, 3.05) is 6.61 Å². The maximum Gasteiger partial charge on any atom is 0.146 e. The Morgan fingerprint density at radius 3 is 2.83 bits per heavy atom. The molecular weight excluding hydrogens is 388 g/mol. The van der Waals surface area contributed by atoms with Crippen LogP contribution in [0.4, 0.5) is 0 Å². The lowest BCUT2D eigenvalue weighted by atomic mass is 10.0. The minimum absolute atomic E-state index is 0.0259. The number of benzene rings is 1. The molecule has 0 spiro atoms. The lowest BCUT2D eigenvalue weighted by Crippen LogP contribution is -2.05. The Morgan fingerprint density at radius 2 is 2.07 bits per heavy atom. The predicted molar refractivity (Wildman–Crippen MR) is 113 cm³/mol. The Labute approximate surface area is 173 Å². The van der Waals surface area contributed by atoms with E-state index in [1.807, 2.05) is 42.9 Å². The molecule has 0 bridgehead atoms. The summed E-state index contributed by atoms with van der Waals surface area (Å²) < 4.78 is 8.00. The Kier molecular flexibility index (Phi) is 5.47. The van der Waals surface area contributed by atoms with E-state index in [0.29, 0.717) is 17.2 Å². The number of para-hydroxylation sites is 1. The average molecular weight is 409 g/mol. The van der Waals surface area contributed by atoms with Crippen LogP contribution in [0.15, 0.2) is 48.9 Å². The second-order valence-electron chi connectivity index (χ2n) is 6.82. The summed E-state index contributed by atoms with van der Waals surface area (Å²) in [7, 11) is 1.92. The number of rotatable bonds is 6. The summed E-state index contributed by atoms with van der Waals surface area (Å²) in [5.41, 5.74) is 5.46. The number of aryl methyl sites for hydroxylation is 2. The fraction of sp³-hybridized carbons (Fsp3) is 0.227. The molecule has 0 aliphatic carbocycles. The van der Waals surface area contributed by atoms with Crippen LogP contribution in [0.3, 0.4) is 0 Å². The maximum atomic E-state index is 9.31. The van der Waals surface area contributed by atoms with Crippen molar-refractivity contribution >= 4 is 22.5 Å². The third-order valence-corrected chi connectivity index (χ3v) is 5.20. The zero-order valence-corrected chi connectivity index (χ0v) is 17.0. The first-order valence-corrected chi connectivity index (χ1v) is 9.70. The van der Waals surface area contributed by atoms with Gasteiger partial charge in [0.15, 0.2) is 0 Å². The van der Waals surface area contributed by atoms with Crippen molar-refractivity contribution in [1.29, 1.82) is 0 Å². The zero-order chi connectivity index (χ0) is 20.4. The standard InChI is InChI=1S/C22H21ClN4O2/c1-14-10-17(20-6-8-25-27(20)2)16-4-3-5-21(22(16)26-14)29-13-18-15(7-9-28)11-24-12-19(18)23/h3-6,8,10-12,28H,7,9,13H2,1-2H3. The van der Waals surface area contributed by atoms with E-state index < -0.39 is 0 Å². The molecular formula is C22H21ClN4O2. The van der Waals surface area contributed by atoms with Gasteiger partial charge in [-0.05, 0) is 37.1 Å². The number of fused-ring (bicyclic) bond motifs is 1. The summed E-state index contributed by atoms with van der Waals surface area (Å²) in [6, 6.07) is 9.94. The normalized spacial score (nSPS) is 11.2. The lowest BCUT2D eigenvalue weighted by Gasteiger charge is -2.15. The van der Waals surface area contributed by atoms with Gasteiger partial charge >= 0.3 is 0 Å². The average Bonchev–Trinajstić information content (AvgIpc) is 3.13. The van der Waals surface area contributed by atoms with E-state index in [9.17, 15) is 5.11 Å². The summed E-state index contributed by atoms with van der Waals surface area (Å²) in [5, 5.41) is 15.1. The van der Waals surface area contributed by atoms with Crippen molar-refractivity contribution in [1.82, 2.24) is 19.7 Å². The Morgan fingerprint density at radius 1 is 1.21 bits per heavy atom. The van der Waals surface area contributed by atoms with Crippen molar-refractivity contribution < 1.29 is 9.84 Å². The molecule has 0 amide bonds. The highest BCUT2D eigenvalue weighted by Gasteiger charge is 2.14. The van der Waals surface area contributed by atoms with E-state index in [1.165, 1.54) is 0 Å². The molecule has 3 heterocycles. The largest absolute Gasteiger partial charge is 0.487 e. The molecule has 148 valence electrons. The topological polar surface area (TPSA) is 73.1 Å². The van der Waals surface area contributed by atoms with Gasteiger partial charge in [-0.15, -0.1) is 0 Å². The van der Waals surface area contributed by atoms with E-state index in [1.54, 1.807) is 18.6 Å². The molecule has 4 aromatic rings. The van der Waals surface area contributed by atoms with Crippen LogP contribution < -0.4 is 4.74 Å². The second-order valence-corrected chi connectivity index (χ2v) is 7.23. The summed E-state index contributed by atoms with van der Waals surface area (Å²) in [4.78, 5) is 8.84. The fourth-order valence-electron chi connectivity index (χ4n) is 3.47. The van der Waals surface area contributed by atoms with E-state index in [4.69, 9.17) is 21.3 Å². The maximum absolute atomic E-state index is 9.31. The van der Waals surface area contributed by atoms with Gasteiger partial charge in [0.1, 0.15) is 17.9 Å². The van der Waals surface area contributed by atoms with Gasteiger partial charge in [0.25, 0.3) is 0 Å². The smallest absolute Gasteiger partial charge is 0.146 e. The number of aliphatic hydroxyl groups excluding tert-OH is 1. The third-order valence-electron chi connectivity index (χ3n) is 4.87. The van der Waals surface area contributed by atoms with Crippen molar-refractivity contribution in [3.63, 3.8) is 0 Å². The number of nitrogens with zero attached hydrogens (tertiary/aromatic N) is 4. The van der Waals surface area contributed by atoms with E-state index in [2.05, 4.69) is 16.1 Å². The van der Waals surface area contributed by atoms with Crippen LogP contribution in [0.2, 0.25) is 5.02 Å². The van der Waals surface area contributed by atoms with Gasteiger partial charge in [0.2, 0.25) is 0 Å². The molecule has 0 saturated carbocycles. The first kappa shape index (κ1) is 19.4. The van der Waals surface area contributed by atoms with Crippen LogP contribution in [0, 0.1) is 6.92 Å². The Hall–Kier alpha value is -2.96. The van der Waals surface area contributed by atoms with Gasteiger partial charge in [-0.3, -0.25) is 9.67 Å². The van der Waals surface area contributed by atoms with Gasteiger partial charge in [-0.25, -0.2) is 4.98 Å². The van der Waals surface area contributed by atoms with E-state index >= 15 is 0 Å². The second kappa shape index (κ2) is 8.19. The van der Waals surface area contributed by atoms with Crippen molar-refractivity contribution in [2.24, 2.45) is 7.05 Å². The third kappa shape index (κ3) is 3.81. The fourth-order valence-corrected chi connectivity index (χ4v) is 3.70. The van der Waals surface area contributed by atoms with Crippen LogP contribution in [-0.2, 0) is 20.1 Å². The van der Waals surface area contributed by atoms with Crippen molar-refractivity contribution in [2.45, 2.75) is 20.0 Å². The quantitative estimate of drug-likeness (QED) is 0.519. The van der Waals surface area contributed by atoms with E-state index in [-0.39, 0.29) is 13.2 Å². The monoisotopic (exact) mass is 408 g/mol. The molecule has 1 aromatic carbocycles. The van der Waals surface area contributed by atoms with Gasteiger partial charge < -0.3 is 9.84 Å². The molecule has 0 radical (unpaired) electrons. The van der Waals surface area contributed by atoms with Gasteiger partial charge in [0.05, 0.1) is 10.7 Å². The van der Waals surface area contributed by atoms with Crippen molar-refractivity contribution in [3.8, 4) is 17.0 Å². The lowest BCUT2D eigenvalue weighted by molar-refractivity contribution is 0.292. The molecule has 0 unspecified atom stereocenters. The Bertz CT molecular complexity index is 1170. The number of hydrogen-bond acceptors (Lipinski definition) is 5. The summed E-state index contributed by atoms with van der Waals surface area (Å²) in [6.45, 7) is 2.26. The molecule has 0 saturated heterocycles. The molecule has 0 aliphatic heterocycles. The number of ether oxygens (including phenoxy) is 1. The minimum Gasteiger partial charge on any atom is -0.487 e. The summed E-state index contributed by atoms with van der Waals surface area (Å²) >= 11 is 6.34. The highest BCUT2D eigenvalue weighted by molar-refractivity contribution is 6.31. The van der Waals surface area contributed by atoms with E-state index in [0.717, 1.165) is 39.0 Å². The summed E-state index contributed by atoms with van der Waals surface area (Å²) in [6.07, 6.45) is 5.56. The molecule has 29 heavy (non-hydrogen) atoms. The molecule has 0 atom stereocenters. The number of halogens is 1. The SMILES string of the molecule is Cc1cc(-c2ccnn2C)c2cccc(OCc3c(Cl)cncc3CCO)c2n1.